The summed E-state index contributed by atoms with van der Waals surface area (Å²) in [6.45, 7) is 4.11. The molecule has 0 saturated heterocycles. The minimum atomic E-state index is -0.668. The second-order valence-electron chi connectivity index (χ2n) is 5.21. The molecule has 112 valence electrons. The Balaban J connectivity index is 1.99. The predicted molar refractivity (Wildman–Crippen MR) is 76.0 cm³/mol. The average Bonchev–Trinajstić information content (AvgIpc) is 2.84. The number of benzene rings is 1. The Bertz CT molecular complexity index is 617. The molecule has 0 aliphatic rings. The molecule has 0 fully saturated rings. The first-order valence-corrected chi connectivity index (χ1v) is 6.98. The number of nitrogens with zero attached hydrogens (tertiary/aromatic N) is 2. The summed E-state index contributed by atoms with van der Waals surface area (Å²) in [5.74, 6) is -1.45. The van der Waals surface area contributed by atoms with Crippen LogP contribution in [0.2, 0.25) is 0 Å². The van der Waals surface area contributed by atoms with Crippen LogP contribution in [0.4, 0.5) is 8.78 Å². The number of Topliss-reactive ketones (excluding diaryl/α,β-unsaturated/α-hetero) is 1. The predicted octanol–water partition coefficient (Wildman–Crippen LogP) is 3.49. The lowest BCUT2D eigenvalue weighted by atomic mass is 10.1. The third kappa shape index (κ3) is 4.21. The van der Waals surface area contributed by atoms with Crippen molar-refractivity contribution in [1.82, 2.24) is 9.78 Å². The van der Waals surface area contributed by atoms with E-state index in [2.05, 4.69) is 12.0 Å². The van der Waals surface area contributed by atoms with Gasteiger partial charge in [-0.05, 0) is 37.1 Å². The van der Waals surface area contributed by atoms with Crippen molar-refractivity contribution >= 4 is 5.78 Å². The van der Waals surface area contributed by atoms with Gasteiger partial charge in [-0.3, -0.25) is 9.48 Å². The monoisotopic (exact) mass is 292 g/mol. The first-order chi connectivity index (χ1) is 9.97. The Morgan fingerprint density at radius 3 is 2.52 bits per heavy atom. The van der Waals surface area contributed by atoms with Gasteiger partial charge in [0.05, 0.1) is 12.1 Å². The molecule has 0 spiro atoms. The number of carbonyl (C=O) groups excluding carboxylic acids is 1. The topological polar surface area (TPSA) is 34.9 Å². The maximum absolute atomic E-state index is 13.1. The molecule has 5 heteroatoms. The molecule has 0 N–H and O–H groups in total. The minimum absolute atomic E-state index is 0.00483. The van der Waals surface area contributed by atoms with Crippen LogP contribution in [0.25, 0.3) is 0 Å². The normalized spacial score (nSPS) is 12.4. The molecule has 0 aliphatic heterocycles. The van der Waals surface area contributed by atoms with Gasteiger partial charge in [-0.1, -0.05) is 6.92 Å². The summed E-state index contributed by atoms with van der Waals surface area (Å²) in [7, 11) is 0. The highest BCUT2D eigenvalue weighted by Gasteiger charge is 2.11. The number of aromatic nitrogens is 2. The van der Waals surface area contributed by atoms with Crippen molar-refractivity contribution in [2.75, 3.05) is 0 Å². The fraction of sp³-hybridized carbons (Fsp3) is 0.375. The molecule has 1 aromatic heterocycles. The van der Waals surface area contributed by atoms with Crippen LogP contribution in [0.1, 0.15) is 37.6 Å². The van der Waals surface area contributed by atoms with Crippen LogP contribution in [0, 0.1) is 11.6 Å². The van der Waals surface area contributed by atoms with Gasteiger partial charge in [0.1, 0.15) is 17.4 Å². The molecular formula is C16H18F2N2O. The van der Waals surface area contributed by atoms with E-state index >= 15 is 0 Å². The lowest BCUT2D eigenvalue weighted by Crippen LogP contribution is -2.09. The molecule has 3 nitrogen and oxygen atoms in total. The smallest absolute Gasteiger partial charge is 0.143 e. The standard InChI is InChI=1S/C16H18F2N2O/c1-3-11(2)20-5-4-15(19-20)10-16(21)8-12-6-13(17)9-14(18)7-12/h4-7,9,11H,3,8,10H2,1-2H3. The number of ketones is 1. The second-order valence-corrected chi connectivity index (χ2v) is 5.21. The van der Waals surface area contributed by atoms with Crippen LogP contribution in [0.5, 0.6) is 0 Å². The molecule has 0 aliphatic carbocycles. The lowest BCUT2D eigenvalue weighted by Gasteiger charge is -2.08. The highest BCUT2D eigenvalue weighted by Crippen LogP contribution is 2.12. The molecule has 1 atom stereocenters. The summed E-state index contributed by atoms with van der Waals surface area (Å²) in [5, 5.41) is 4.35. The summed E-state index contributed by atoms with van der Waals surface area (Å²) in [5.41, 5.74) is 1.02. The molecule has 0 radical (unpaired) electrons. The molecule has 0 bridgehead atoms. The SMILES string of the molecule is CCC(C)n1ccc(CC(=O)Cc2cc(F)cc(F)c2)n1. The Kier molecular flexibility index (Phi) is 4.83. The van der Waals surface area contributed by atoms with Crippen LogP contribution >= 0.6 is 0 Å². The maximum atomic E-state index is 13.1. The van der Waals surface area contributed by atoms with Gasteiger partial charge in [0, 0.05) is 24.7 Å². The van der Waals surface area contributed by atoms with Crippen molar-refractivity contribution in [2.45, 2.75) is 39.2 Å². The van der Waals surface area contributed by atoms with E-state index in [0.29, 0.717) is 11.3 Å². The van der Waals surface area contributed by atoms with Gasteiger partial charge in [0.25, 0.3) is 0 Å². The summed E-state index contributed by atoms with van der Waals surface area (Å²) in [4.78, 5) is 12.0. The van der Waals surface area contributed by atoms with Crippen LogP contribution in [-0.4, -0.2) is 15.6 Å². The molecule has 1 aromatic carbocycles. The van der Waals surface area contributed by atoms with E-state index in [-0.39, 0.29) is 24.7 Å². The number of hydrogen-bond donors (Lipinski definition) is 0. The van der Waals surface area contributed by atoms with Gasteiger partial charge in [-0.25, -0.2) is 8.78 Å². The minimum Gasteiger partial charge on any atom is -0.299 e. The molecule has 2 rings (SSSR count). The van der Waals surface area contributed by atoms with Crippen LogP contribution in [0.3, 0.4) is 0 Å². The zero-order chi connectivity index (χ0) is 15.4. The molecule has 0 saturated carbocycles. The van der Waals surface area contributed by atoms with Gasteiger partial charge in [0.15, 0.2) is 0 Å². The largest absolute Gasteiger partial charge is 0.299 e. The number of halogens is 2. The average molecular weight is 292 g/mol. The molecule has 1 unspecified atom stereocenters. The zero-order valence-electron chi connectivity index (χ0n) is 12.1. The quantitative estimate of drug-likeness (QED) is 0.817. The third-order valence-electron chi connectivity index (χ3n) is 3.41. The Labute approximate surface area is 122 Å². The highest BCUT2D eigenvalue weighted by atomic mass is 19.1. The van der Waals surface area contributed by atoms with Gasteiger partial charge < -0.3 is 0 Å². The van der Waals surface area contributed by atoms with Gasteiger partial charge in [0.2, 0.25) is 0 Å². The van der Waals surface area contributed by atoms with E-state index in [4.69, 9.17) is 0 Å². The summed E-state index contributed by atoms with van der Waals surface area (Å²) in [6, 6.07) is 5.24. The van der Waals surface area contributed by atoms with Crippen LogP contribution in [-0.2, 0) is 17.6 Å². The van der Waals surface area contributed by atoms with Crippen molar-refractivity contribution < 1.29 is 13.6 Å². The van der Waals surface area contributed by atoms with Crippen molar-refractivity contribution in [1.29, 1.82) is 0 Å². The molecule has 2 aromatic rings. The lowest BCUT2D eigenvalue weighted by molar-refractivity contribution is -0.117. The second kappa shape index (κ2) is 6.61. The Hall–Kier alpha value is -2.04. The van der Waals surface area contributed by atoms with E-state index in [1.165, 1.54) is 12.1 Å². The van der Waals surface area contributed by atoms with Crippen LogP contribution < -0.4 is 0 Å². The number of carbonyl (C=O) groups is 1. The molecule has 1 heterocycles. The number of rotatable bonds is 6. The van der Waals surface area contributed by atoms with Crippen molar-refractivity contribution in [2.24, 2.45) is 0 Å². The number of hydrogen-bond acceptors (Lipinski definition) is 2. The molecule has 21 heavy (non-hydrogen) atoms. The first-order valence-electron chi connectivity index (χ1n) is 6.98. The highest BCUT2D eigenvalue weighted by molar-refractivity contribution is 5.82. The van der Waals surface area contributed by atoms with E-state index in [9.17, 15) is 13.6 Å². The first kappa shape index (κ1) is 15.4. The maximum Gasteiger partial charge on any atom is 0.143 e. The van der Waals surface area contributed by atoms with Gasteiger partial charge >= 0.3 is 0 Å². The fourth-order valence-electron chi connectivity index (χ4n) is 2.11. The zero-order valence-corrected chi connectivity index (χ0v) is 12.1. The summed E-state index contributed by atoms with van der Waals surface area (Å²) >= 11 is 0. The van der Waals surface area contributed by atoms with Gasteiger partial charge in [-0.15, -0.1) is 0 Å². The molecular weight excluding hydrogens is 274 g/mol. The van der Waals surface area contributed by atoms with E-state index in [1.54, 1.807) is 6.07 Å². The Morgan fingerprint density at radius 2 is 1.90 bits per heavy atom. The van der Waals surface area contributed by atoms with E-state index in [0.717, 1.165) is 12.5 Å². The fourth-order valence-corrected chi connectivity index (χ4v) is 2.11. The molecule has 0 amide bonds. The Morgan fingerprint density at radius 1 is 1.24 bits per heavy atom. The van der Waals surface area contributed by atoms with Gasteiger partial charge in [-0.2, -0.15) is 5.10 Å². The van der Waals surface area contributed by atoms with E-state index < -0.39 is 11.6 Å². The van der Waals surface area contributed by atoms with E-state index in [1.807, 2.05) is 17.8 Å². The van der Waals surface area contributed by atoms with Crippen molar-refractivity contribution in [3.8, 4) is 0 Å². The van der Waals surface area contributed by atoms with Crippen molar-refractivity contribution in [3.63, 3.8) is 0 Å². The van der Waals surface area contributed by atoms with Crippen LogP contribution in [0.15, 0.2) is 30.5 Å². The van der Waals surface area contributed by atoms with Crippen molar-refractivity contribution in [3.05, 3.63) is 53.4 Å². The summed E-state index contributed by atoms with van der Waals surface area (Å²) < 4.78 is 28.0. The summed E-state index contributed by atoms with van der Waals surface area (Å²) in [6.07, 6.45) is 2.97. The third-order valence-corrected chi connectivity index (χ3v) is 3.41.